The van der Waals surface area contributed by atoms with Crippen molar-refractivity contribution in [2.45, 2.75) is 6.61 Å². The van der Waals surface area contributed by atoms with Gasteiger partial charge in [0.2, 0.25) is 0 Å². The lowest BCUT2D eigenvalue weighted by Crippen LogP contribution is -2.13. The molecule has 1 aromatic heterocycles. The lowest BCUT2D eigenvalue weighted by molar-refractivity contribution is 0.102. The molecule has 2 aromatic carbocycles. The molecule has 0 atom stereocenters. The number of nitrogens with zero attached hydrogens (tertiary/aromatic N) is 1. The molecule has 3 aromatic rings. The van der Waals surface area contributed by atoms with Crippen LogP contribution in [0.3, 0.4) is 0 Å². The zero-order chi connectivity index (χ0) is 19.2. The van der Waals surface area contributed by atoms with Gasteiger partial charge >= 0.3 is 0 Å². The maximum absolute atomic E-state index is 12.4. The van der Waals surface area contributed by atoms with E-state index in [1.165, 1.54) is 19.2 Å². The van der Waals surface area contributed by atoms with Crippen molar-refractivity contribution in [3.05, 3.63) is 71.9 Å². The number of ether oxygens (including phenoxy) is 2. The minimum absolute atomic E-state index is 0.110. The van der Waals surface area contributed by atoms with Gasteiger partial charge < -0.3 is 25.6 Å². The van der Waals surface area contributed by atoms with Gasteiger partial charge in [-0.2, -0.15) is 0 Å². The number of benzene rings is 2. The summed E-state index contributed by atoms with van der Waals surface area (Å²) in [5.41, 5.74) is 7.52. The number of nitrogens with two attached hydrogens (primary N) is 1. The number of phenols is 1. The maximum atomic E-state index is 12.4. The van der Waals surface area contributed by atoms with Crippen LogP contribution in [0.25, 0.3) is 0 Å². The number of nitrogen functional groups attached to an aromatic ring is 1. The second-order valence-corrected chi connectivity index (χ2v) is 5.72. The van der Waals surface area contributed by atoms with Crippen LogP contribution in [0.4, 0.5) is 11.5 Å². The summed E-state index contributed by atoms with van der Waals surface area (Å²) in [4.78, 5) is 16.5. The molecule has 1 amide bonds. The number of amides is 1. The van der Waals surface area contributed by atoms with Crippen molar-refractivity contribution in [1.82, 2.24) is 4.98 Å². The molecule has 0 spiro atoms. The molecule has 0 saturated heterocycles. The summed E-state index contributed by atoms with van der Waals surface area (Å²) in [6.07, 6.45) is 1.58. The molecule has 4 N–H and O–H groups in total. The normalized spacial score (nSPS) is 10.3. The van der Waals surface area contributed by atoms with E-state index in [0.29, 0.717) is 23.0 Å². The molecular formula is C20H19N3O4. The van der Waals surface area contributed by atoms with E-state index in [4.69, 9.17) is 15.2 Å². The zero-order valence-electron chi connectivity index (χ0n) is 14.7. The number of anilines is 2. The predicted octanol–water partition coefficient (Wildman–Crippen LogP) is 3.21. The average Bonchev–Trinajstić information content (AvgIpc) is 2.67. The summed E-state index contributed by atoms with van der Waals surface area (Å²) in [6.45, 7) is 0.281. The van der Waals surface area contributed by atoms with Gasteiger partial charge in [0.25, 0.3) is 5.91 Å². The fourth-order valence-corrected chi connectivity index (χ4v) is 2.43. The molecule has 0 radical (unpaired) electrons. The lowest BCUT2D eigenvalue weighted by atomic mass is 10.2. The van der Waals surface area contributed by atoms with E-state index in [-0.39, 0.29) is 17.9 Å². The van der Waals surface area contributed by atoms with Crippen LogP contribution in [-0.4, -0.2) is 23.1 Å². The second-order valence-electron chi connectivity index (χ2n) is 5.72. The number of pyridine rings is 1. The van der Waals surface area contributed by atoms with Crippen molar-refractivity contribution in [1.29, 1.82) is 0 Å². The smallest absolute Gasteiger partial charge is 0.256 e. The average molecular weight is 365 g/mol. The van der Waals surface area contributed by atoms with Crippen molar-refractivity contribution in [2.75, 3.05) is 18.2 Å². The number of aromatic hydroxyl groups is 1. The number of hydrogen-bond donors (Lipinski definition) is 3. The SMILES string of the molecule is COc1ccc(C(=O)Nc2cc(COc3ccccc3N)ccn2)cc1O. The Kier molecular flexibility index (Phi) is 5.41. The molecule has 0 fully saturated rings. The number of carbonyl (C=O) groups excluding carboxylic acids is 1. The van der Waals surface area contributed by atoms with Crippen LogP contribution in [0.5, 0.6) is 17.2 Å². The van der Waals surface area contributed by atoms with E-state index in [1.807, 2.05) is 12.1 Å². The molecule has 1 heterocycles. The summed E-state index contributed by atoms with van der Waals surface area (Å²) >= 11 is 0. The Hall–Kier alpha value is -3.74. The Bertz CT molecular complexity index is 959. The molecular weight excluding hydrogens is 346 g/mol. The van der Waals surface area contributed by atoms with Gasteiger partial charge in [-0.25, -0.2) is 4.98 Å². The third kappa shape index (κ3) is 4.46. The second kappa shape index (κ2) is 8.09. The van der Waals surface area contributed by atoms with Gasteiger partial charge in [0.15, 0.2) is 11.5 Å². The standard InChI is InChI=1S/C20H19N3O4/c1-26-18-7-6-14(11-16(18)24)20(25)23-19-10-13(8-9-22-19)12-27-17-5-3-2-4-15(17)21/h2-11,24H,12,21H2,1H3,(H,22,23,25). The monoisotopic (exact) mass is 365 g/mol. The summed E-state index contributed by atoms with van der Waals surface area (Å²) < 4.78 is 10.7. The molecule has 0 bridgehead atoms. The molecule has 0 aliphatic carbocycles. The molecule has 0 aliphatic rings. The molecule has 3 rings (SSSR count). The van der Waals surface area contributed by atoms with E-state index in [2.05, 4.69) is 10.3 Å². The van der Waals surface area contributed by atoms with Gasteiger partial charge in [0, 0.05) is 11.8 Å². The Morgan fingerprint density at radius 1 is 1.15 bits per heavy atom. The summed E-state index contributed by atoms with van der Waals surface area (Å²) in [7, 11) is 1.44. The highest BCUT2D eigenvalue weighted by Crippen LogP contribution is 2.26. The molecule has 7 nitrogen and oxygen atoms in total. The number of phenolic OH excluding ortho intramolecular Hbond substituents is 1. The zero-order valence-corrected chi connectivity index (χ0v) is 14.7. The van der Waals surface area contributed by atoms with Gasteiger partial charge in [-0.3, -0.25) is 4.79 Å². The topological polar surface area (TPSA) is 107 Å². The molecule has 138 valence electrons. The Balaban J connectivity index is 1.67. The fourth-order valence-electron chi connectivity index (χ4n) is 2.43. The van der Waals surface area contributed by atoms with E-state index >= 15 is 0 Å². The number of para-hydroxylation sites is 2. The quantitative estimate of drug-likeness (QED) is 0.579. The predicted molar refractivity (Wildman–Crippen MR) is 102 cm³/mol. The Morgan fingerprint density at radius 2 is 1.96 bits per heavy atom. The fraction of sp³-hybridized carbons (Fsp3) is 0.100. The number of aromatic nitrogens is 1. The minimum atomic E-state index is -0.397. The molecule has 27 heavy (non-hydrogen) atoms. The van der Waals surface area contributed by atoms with Crippen LogP contribution < -0.4 is 20.5 Å². The van der Waals surface area contributed by atoms with E-state index < -0.39 is 5.91 Å². The first-order valence-corrected chi connectivity index (χ1v) is 8.17. The van der Waals surface area contributed by atoms with Gasteiger partial charge in [0.05, 0.1) is 12.8 Å². The van der Waals surface area contributed by atoms with Crippen molar-refractivity contribution in [3.8, 4) is 17.2 Å². The Morgan fingerprint density at radius 3 is 2.70 bits per heavy atom. The highest BCUT2D eigenvalue weighted by molar-refractivity contribution is 6.04. The first-order chi connectivity index (χ1) is 13.1. The third-order valence-corrected chi connectivity index (χ3v) is 3.82. The minimum Gasteiger partial charge on any atom is -0.504 e. The Labute approximate surface area is 156 Å². The van der Waals surface area contributed by atoms with Crippen molar-refractivity contribution >= 4 is 17.4 Å². The van der Waals surface area contributed by atoms with Crippen LogP contribution in [0.2, 0.25) is 0 Å². The summed E-state index contributed by atoms with van der Waals surface area (Å²) in [5, 5.41) is 12.5. The van der Waals surface area contributed by atoms with E-state index in [0.717, 1.165) is 5.56 Å². The highest BCUT2D eigenvalue weighted by atomic mass is 16.5. The number of nitrogens with one attached hydrogen (secondary N) is 1. The van der Waals surface area contributed by atoms with Crippen LogP contribution in [0, 0.1) is 0 Å². The van der Waals surface area contributed by atoms with Crippen LogP contribution in [0.1, 0.15) is 15.9 Å². The van der Waals surface area contributed by atoms with Crippen molar-refractivity contribution < 1.29 is 19.4 Å². The van der Waals surface area contributed by atoms with Gasteiger partial charge in [0.1, 0.15) is 18.2 Å². The first-order valence-electron chi connectivity index (χ1n) is 8.17. The van der Waals surface area contributed by atoms with Crippen molar-refractivity contribution in [2.24, 2.45) is 0 Å². The molecule has 0 aliphatic heterocycles. The summed E-state index contributed by atoms with van der Waals surface area (Å²) in [6, 6.07) is 15.1. The number of hydrogen-bond acceptors (Lipinski definition) is 6. The molecule has 7 heteroatoms. The molecule has 0 saturated carbocycles. The highest BCUT2D eigenvalue weighted by Gasteiger charge is 2.11. The maximum Gasteiger partial charge on any atom is 0.256 e. The third-order valence-electron chi connectivity index (χ3n) is 3.82. The summed E-state index contributed by atoms with van der Waals surface area (Å²) in [5.74, 6) is 0.751. The van der Waals surface area contributed by atoms with Crippen molar-refractivity contribution in [3.63, 3.8) is 0 Å². The van der Waals surface area contributed by atoms with Crippen LogP contribution in [0.15, 0.2) is 60.8 Å². The van der Waals surface area contributed by atoms with Crippen LogP contribution >= 0.6 is 0 Å². The van der Waals surface area contributed by atoms with Gasteiger partial charge in [-0.05, 0) is 48.0 Å². The number of carbonyl (C=O) groups is 1. The number of methoxy groups -OCH3 is 1. The lowest BCUT2D eigenvalue weighted by Gasteiger charge is -2.10. The largest absolute Gasteiger partial charge is 0.504 e. The van der Waals surface area contributed by atoms with Crippen LogP contribution in [-0.2, 0) is 6.61 Å². The molecule has 0 unspecified atom stereocenters. The number of rotatable bonds is 6. The van der Waals surface area contributed by atoms with E-state index in [1.54, 1.807) is 36.5 Å². The van der Waals surface area contributed by atoms with Gasteiger partial charge in [-0.1, -0.05) is 12.1 Å². The first kappa shape index (κ1) is 18.1. The van der Waals surface area contributed by atoms with E-state index in [9.17, 15) is 9.90 Å². The van der Waals surface area contributed by atoms with Gasteiger partial charge in [-0.15, -0.1) is 0 Å².